The molecule has 7 heteroatoms. The Morgan fingerprint density at radius 3 is 2.10 bits per heavy atom. The molecule has 3 aromatic carbocycles. The molecule has 0 saturated carbocycles. The molecule has 4 nitrogen and oxygen atoms in total. The molecule has 0 saturated heterocycles. The Balaban J connectivity index is 1.81. The predicted molar refractivity (Wildman–Crippen MR) is 112 cm³/mol. The summed E-state index contributed by atoms with van der Waals surface area (Å²) in [5, 5.41) is 2.78. The smallest absolute Gasteiger partial charge is 0.416 e. The highest BCUT2D eigenvalue weighted by molar-refractivity contribution is 6.08. The molecule has 0 aromatic heterocycles. The van der Waals surface area contributed by atoms with E-state index in [9.17, 15) is 22.8 Å². The van der Waals surface area contributed by atoms with Crippen LogP contribution in [0, 0.1) is 0 Å². The van der Waals surface area contributed by atoms with E-state index in [1.165, 1.54) is 19.2 Å². The Labute approximate surface area is 177 Å². The molecule has 1 N–H and O–H groups in total. The third-order valence-electron chi connectivity index (χ3n) is 4.92. The van der Waals surface area contributed by atoms with Crippen LogP contribution in [0.25, 0.3) is 11.1 Å². The summed E-state index contributed by atoms with van der Waals surface area (Å²) >= 11 is 0. The van der Waals surface area contributed by atoms with Gasteiger partial charge in [-0.1, -0.05) is 42.5 Å². The zero-order chi connectivity index (χ0) is 22.6. The van der Waals surface area contributed by atoms with E-state index in [2.05, 4.69) is 5.32 Å². The Morgan fingerprint density at radius 1 is 0.903 bits per heavy atom. The van der Waals surface area contributed by atoms with Gasteiger partial charge >= 0.3 is 12.1 Å². The van der Waals surface area contributed by atoms with Crippen LogP contribution in [0.1, 0.15) is 34.3 Å². The van der Waals surface area contributed by atoms with Crippen molar-refractivity contribution in [1.29, 1.82) is 0 Å². The molecule has 0 aliphatic heterocycles. The normalized spacial score (nSPS) is 12.2. The van der Waals surface area contributed by atoms with Crippen molar-refractivity contribution < 1.29 is 27.5 Å². The van der Waals surface area contributed by atoms with Crippen molar-refractivity contribution in [2.75, 3.05) is 12.4 Å². The summed E-state index contributed by atoms with van der Waals surface area (Å²) in [6.45, 7) is 1.72. The van der Waals surface area contributed by atoms with Crippen LogP contribution in [0.15, 0.2) is 72.8 Å². The van der Waals surface area contributed by atoms with Crippen LogP contribution < -0.4 is 5.32 Å². The number of carbonyl (C=O) groups is 2. The van der Waals surface area contributed by atoms with Crippen molar-refractivity contribution in [2.24, 2.45) is 0 Å². The quantitative estimate of drug-likeness (QED) is 0.516. The van der Waals surface area contributed by atoms with Gasteiger partial charge < -0.3 is 10.1 Å². The van der Waals surface area contributed by atoms with Crippen LogP contribution in [-0.2, 0) is 15.7 Å². The number of alkyl halides is 3. The monoisotopic (exact) mass is 427 g/mol. The van der Waals surface area contributed by atoms with Gasteiger partial charge in [-0.3, -0.25) is 9.59 Å². The van der Waals surface area contributed by atoms with Gasteiger partial charge in [0.25, 0.3) is 5.91 Å². The van der Waals surface area contributed by atoms with E-state index < -0.39 is 23.6 Å². The van der Waals surface area contributed by atoms with Gasteiger partial charge in [-0.2, -0.15) is 13.2 Å². The third-order valence-corrected chi connectivity index (χ3v) is 4.92. The first-order chi connectivity index (χ1) is 14.7. The molecule has 0 aliphatic carbocycles. The summed E-state index contributed by atoms with van der Waals surface area (Å²) in [4.78, 5) is 24.5. The van der Waals surface area contributed by atoms with E-state index in [0.717, 1.165) is 17.7 Å². The lowest BCUT2D eigenvalue weighted by atomic mass is 9.98. The van der Waals surface area contributed by atoms with Crippen LogP contribution in [0.2, 0.25) is 0 Å². The zero-order valence-corrected chi connectivity index (χ0v) is 16.9. The molecule has 3 rings (SSSR count). The first-order valence-electron chi connectivity index (χ1n) is 9.46. The van der Waals surface area contributed by atoms with Gasteiger partial charge in [-0.25, -0.2) is 0 Å². The minimum atomic E-state index is -4.42. The number of benzene rings is 3. The third kappa shape index (κ3) is 5.12. The average Bonchev–Trinajstić information content (AvgIpc) is 2.78. The van der Waals surface area contributed by atoms with E-state index in [-0.39, 0.29) is 5.97 Å². The number of esters is 1. The van der Waals surface area contributed by atoms with Crippen molar-refractivity contribution in [3.05, 3.63) is 89.5 Å². The van der Waals surface area contributed by atoms with E-state index >= 15 is 0 Å². The van der Waals surface area contributed by atoms with Gasteiger partial charge in [0.2, 0.25) is 0 Å². The molecule has 0 radical (unpaired) electrons. The van der Waals surface area contributed by atoms with Crippen LogP contribution >= 0.6 is 0 Å². The summed E-state index contributed by atoms with van der Waals surface area (Å²) in [6, 6.07) is 18.1. The number of amides is 1. The van der Waals surface area contributed by atoms with Crippen LogP contribution in [-0.4, -0.2) is 19.0 Å². The highest BCUT2D eigenvalue weighted by Crippen LogP contribution is 2.32. The second-order valence-electron chi connectivity index (χ2n) is 6.94. The standard InChI is InChI=1S/C24H20F3NO3/c1-15(23(30)31-2)16-9-13-19(14-10-16)28-22(29)21-6-4-3-5-20(21)17-7-11-18(12-8-17)24(25,26)27/h3-15H,1-2H3,(H,28,29). The number of ether oxygens (including phenoxy) is 1. The Bertz CT molecular complexity index is 1070. The maximum atomic E-state index is 12.8. The van der Waals surface area contributed by atoms with Crippen LogP contribution in [0.4, 0.5) is 18.9 Å². The molecule has 0 bridgehead atoms. The second kappa shape index (κ2) is 9.04. The van der Waals surface area contributed by atoms with Crippen molar-refractivity contribution in [2.45, 2.75) is 19.0 Å². The molecule has 0 aliphatic rings. The van der Waals surface area contributed by atoms with Gasteiger partial charge in [-0.15, -0.1) is 0 Å². The van der Waals surface area contributed by atoms with E-state index in [1.807, 2.05) is 0 Å². The van der Waals surface area contributed by atoms with E-state index in [0.29, 0.717) is 22.4 Å². The number of nitrogens with one attached hydrogen (secondary N) is 1. The first kappa shape index (κ1) is 22.1. The van der Waals surface area contributed by atoms with E-state index in [1.54, 1.807) is 55.5 Å². The summed E-state index contributed by atoms with van der Waals surface area (Å²) in [7, 11) is 1.32. The van der Waals surface area contributed by atoms with Crippen molar-refractivity contribution in [3.8, 4) is 11.1 Å². The molecule has 1 amide bonds. The van der Waals surface area contributed by atoms with Crippen molar-refractivity contribution in [3.63, 3.8) is 0 Å². The summed E-state index contributed by atoms with van der Waals surface area (Å²) in [6.07, 6.45) is -4.42. The molecule has 0 fully saturated rings. The topological polar surface area (TPSA) is 55.4 Å². The second-order valence-corrected chi connectivity index (χ2v) is 6.94. The number of carbonyl (C=O) groups excluding carboxylic acids is 2. The van der Waals surface area contributed by atoms with Gasteiger partial charge in [-0.05, 0) is 53.9 Å². The maximum Gasteiger partial charge on any atom is 0.416 e. The van der Waals surface area contributed by atoms with E-state index in [4.69, 9.17) is 4.74 Å². The maximum absolute atomic E-state index is 12.8. The lowest BCUT2D eigenvalue weighted by molar-refractivity contribution is -0.142. The minimum absolute atomic E-state index is 0.328. The summed E-state index contributed by atoms with van der Waals surface area (Å²) in [5.41, 5.74) is 1.86. The number of halogens is 3. The highest BCUT2D eigenvalue weighted by Gasteiger charge is 2.30. The van der Waals surface area contributed by atoms with Crippen LogP contribution in [0.5, 0.6) is 0 Å². The first-order valence-corrected chi connectivity index (χ1v) is 9.46. The number of anilines is 1. The molecular formula is C24H20F3NO3. The Hall–Kier alpha value is -3.61. The van der Waals surface area contributed by atoms with Gasteiger partial charge in [0, 0.05) is 11.3 Å². The summed E-state index contributed by atoms with van der Waals surface area (Å²) < 4.78 is 43.2. The summed E-state index contributed by atoms with van der Waals surface area (Å²) in [5.74, 6) is -1.19. The lowest BCUT2D eigenvalue weighted by Crippen LogP contribution is -2.14. The molecule has 3 aromatic rings. The molecular weight excluding hydrogens is 407 g/mol. The number of rotatable bonds is 5. The van der Waals surface area contributed by atoms with Crippen molar-refractivity contribution >= 4 is 17.6 Å². The molecule has 0 spiro atoms. The zero-order valence-electron chi connectivity index (χ0n) is 16.9. The fourth-order valence-electron chi connectivity index (χ4n) is 3.14. The molecule has 160 valence electrons. The average molecular weight is 427 g/mol. The Morgan fingerprint density at radius 2 is 1.52 bits per heavy atom. The number of hydrogen-bond donors (Lipinski definition) is 1. The minimum Gasteiger partial charge on any atom is -0.469 e. The predicted octanol–water partition coefficient (Wildman–Crippen LogP) is 5.90. The van der Waals surface area contributed by atoms with Gasteiger partial charge in [0.15, 0.2) is 0 Å². The molecule has 1 atom stereocenters. The lowest BCUT2D eigenvalue weighted by Gasteiger charge is -2.13. The number of hydrogen-bond acceptors (Lipinski definition) is 3. The molecule has 31 heavy (non-hydrogen) atoms. The fraction of sp³-hybridized carbons (Fsp3) is 0.167. The Kier molecular flexibility index (Phi) is 6.44. The molecule has 1 unspecified atom stereocenters. The van der Waals surface area contributed by atoms with Crippen molar-refractivity contribution in [1.82, 2.24) is 0 Å². The van der Waals surface area contributed by atoms with Gasteiger partial charge in [0.1, 0.15) is 0 Å². The van der Waals surface area contributed by atoms with Gasteiger partial charge in [0.05, 0.1) is 18.6 Å². The SMILES string of the molecule is COC(=O)C(C)c1ccc(NC(=O)c2ccccc2-c2ccc(C(F)(F)F)cc2)cc1. The number of methoxy groups -OCH3 is 1. The van der Waals surface area contributed by atoms with Crippen LogP contribution in [0.3, 0.4) is 0 Å². The highest BCUT2D eigenvalue weighted by atomic mass is 19.4. The fourth-order valence-corrected chi connectivity index (χ4v) is 3.14. The molecule has 0 heterocycles. The largest absolute Gasteiger partial charge is 0.469 e.